The van der Waals surface area contributed by atoms with Gasteiger partial charge in [0, 0.05) is 0 Å². The average molecular weight is 104 g/mol. The van der Waals surface area contributed by atoms with Crippen LogP contribution in [0.25, 0.3) is 0 Å². The summed E-state index contributed by atoms with van der Waals surface area (Å²) < 4.78 is 17.0. The van der Waals surface area contributed by atoms with Gasteiger partial charge in [0.25, 0.3) is 0 Å². The van der Waals surface area contributed by atoms with Gasteiger partial charge in [0.15, 0.2) is 0 Å². The second kappa shape index (κ2) is 8.85. The molecule has 0 bridgehead atoms. The summed E-state index contributed by atoms with van der Waals surface area (Å²) in [6, 6.07) is 0. The van der Waals surface area contributed by atoms with Crippen LogP contribution in [0.4, 0.5) is 0 Å². The molecule has 0 spiro atoms. The molecule has 4 heavy (non-hydrogen) atoms. The Morgan fingerprint density at radius 3 is 1.25 bits per heavy atom. The summed E-state index contributed by atoms with van der Waals surface area (Å²) >= 11 is -2.00. The van der Waals surface area contributed by atoms with Crippen molar-refractivity contribution in [2.75, 3.05) is 0 Å². The summed E-state index contributed by atoms with van der Waals surface area (Å²) in [6.45, 7) is 0. The first-order valence-corrected chi connectivity index (χ1v) is 1.68. The molecule has 18 valence electrons. The van der Waals surface area contributed by atoms with E-state index in [1.807, 2.05) is 0 Å². The molecule has 0 atom stereocenters. The molecular weight excluding hydrogens is 103 g/mol. The van der Waals surface area contributed by atoms with Gasteiger partial charge >= 0.3 is 55.3 Å². The van der Waals surface area contributed by atoms with Crippen LogP contribution in [0.3, 0.4) is 0 Å². The molecule has 0 heterocycles. The summed E-state index contributed by atoms with van der Waals surface area (Å²) in [6.07, 6.45) is 0. The Morgan fingerprint density at radius 1 is 1.25 bits per heavy atom. The summed E-state index contributed by atoms with van der Waals surface area (Å²) in [5, 5.41) is 0. The molecule has 0 N–H and O–H groups in total. The molecule has 0 unspecified atom stereocenters. The first-order chi connectivity index (χ1) is 1.41. The zero-order chi connectivity index (χ0) is 2.71. The molecule has 0 aromatic heterocycles. The van der Waals surface area contributed by atoms with Gasteiger partial charge in [-0.1, -0.05) is 0 Å². The van der Waals surface area contributed by atoms with Gasteiger partial charge in [0.05, 0.1) is 0 Å². The number of hydrogen-bond acceptors (Lipinski definition) is 2. The third-order valence-corrected chi connectivity index (χ3v) is 0. The SMILES string of the molecule is [NaH].[O]=[Ti]=[O]. The molecular formula is HNaO2Ti. The Labute approximate surface area is 54.8 Å². The van der Waals surface area contributed by atoms with Gasteiger partial charge < -0.3 is 0 Å². The molecule has 0 aromatic rings. The second-order valence-corrected chi connectivity index (χ2v) is 0.344. The van der Waals surface area contributed by atoms with E-state index in [0.29, 0.717) is 0 Å². The second-order valence-electron chi connectivity index (χ2n) is 0.0833. The molecule has 0 aliphatic rings. The number of hydrogen-bond donors (Lipinski definition) is 0. The Bertz CT molecular complexity index is 27.0. The van der Waals surface area contributed by atoms with Crippen molar-refractivity contribution in [3.63, 3.8) is 0 Å². The third-order valence-electron chi connectivity index (χ3n) is 0. The van der Waals surface area contributed by atoms with Crippen LogP contribution in [0.15, 0.2) is 0 Å². The molecule has 4 heteroatoms. The van der Waals surface area contributed by atoms with Crippen molar-refractivity contribution >= 4 is 29.6 Å². The Morgan fingerprint density at radius 2 is 1.25 bits per heavy atom. The van der Waals surface area contributed by atoms with Crippen molar-refractivity contribution in [2.45, 2.75) is 0 Å². The van der Waals surface area contributed by atoms with E-state index in [-0.39, 0.29) is 29.6 Å². The minimum absolute atomic E-state index is 0. The van der Waals surface area contributed by atoms with Crippen LogP contribution >= 0.6 is 0 Å². The maximum absolute atomic E-state index is 8.50. The third kappa shape index (κ3) is 10.3. The molecule has 0 rings (SSSR count). The summed E-state index contributed by atoms with van der Waals surface area (Å²) in [5.41, 5.74) is 0. The first-order valence-electron chi connectivity index (χ1n) is 0.408. The van der Waals surface area contributed by atoms with Gasteiger partial charge in [-0.15, -0.1) is 0 Å². The van der Waals surface area contributed by atoms with Crippen LogP contribution in [0.1, 0.15) is 0 Å². The molecule has 0 amide bonds. The topological polar surface area (TPSA) is 34.1 Å². The average Bonchev–Trinajstić information content (AvgIpc) is 0.918. The Kier molecular flexibility index (Phi) is 19.9. The van der Waals surface area contributed by atoms with Crippen LogP contribution in [0.2, 0.25) is 0 Å². The van der Waals surface area contributed by atoms with E-state index in [1.54, 1.807) is 0 Å². The summed E-state index contributed by atoms with van der Waals surface area (Å²) in [7, 11) is 0. The molecule has 0 radical (unpaired) electrons. The van der Waals surface area contributed by atoms with Gasteiger partial charge in [0.2, 0.25) is 0 Å². The maximum atomic E-state index is 8.50. The Hall–Kier alpha value is 1.31. The molecule has 0 aliphatic heterocycles. The molecule has 0 aliphatic carbocycles. The van der Waals surface area contributed by atoms with E-state index < -0.39 is 19.1 Å². The fourth-order valence-corrected chi connectivity index (χ4v) is 0. The van der Waals surface area contributed by atoms with Crippen LogP contribution in [-0.2, 0) is 25.7 Å². The van der Waals surface area contributed by atoms with Crippen molar-refractivity contribution < 1.29 is 25.7 Å². The van der Waals surface area contributed by atoms with Crippen LogP contribution in [0.5, 0.6) is 0 Å². The standard InChI is InChI=1S/Na.2O.Ti.H. The van der Waals surface area contributed by atoms with Crippen molar-refractivity contribution in [1.29, 1.82) is 0 Å². The normalized spacial score (nSPS) is 2.00. The predicted octanol–water partition coefficient (Wildman–Crippen LogP) is -0.889. The van der Waals surface area contributed by atoms with Gasteiger partial charge in [-0.25, -0.2) is 0 Å². The zero-order valence-corrected chi connectivity index (χ0v) is 2.88. The molecule has 2 nitrogen and oxygen atoms in total. The summed E-state index contributed by atoms with van der Waals surface area (Å²) in [4.78, 5) is 0. The van der Waals surface area contributed by atoms with E-state index in [4.69, 9.17) is 6.65 Å². The van der Waals surface area contributed by atoms with Gasteiger partial charge in [-0.3, -0.25) is 0 Å². The van der Waals surface area contributed by atoms with Crippen molar-refractivity contribution in [3.8, 4) is 0 Å². The first kappa shape index (κ1) is 9.00. The van der Waals surface area contributed by atoms with Gasteiger partial charge in [0.1, 0.15) is 0 Å². The van der Waals surface area contributed by atoms with E-state index in [2.05, 4.69) is 0 Å². The van der Waals surface area contributed by atoms with Crippen molar-refractivity contribution in [2.24, 2.45) is 0 Å². The van der Waals surface area contributed by atoms with E-state index in [0.717, 1.165) is 0 Å². The van der Waals surface area contributed by atoms with Gasteiger partial charge in [-0.05, 0) is 0 Å². The van der Waals surface area contributed by atoms with E-state index in [1.165, 1.54) is 0 Å². The molecule has 0 fully saturated rings. The van der Waals surface area contributed by atoms with Crippen LogP contribution in [-0.4, -0.2) is 29.6 Å². The van der Waals surface area contributed by atoms with Gasteiger partial charge in [-0.2, -0.15) is 0 Å². The summed E-state index contributed by atoms with van der Waals surface area (Å²) in [5.74, 6) is 0. The molecule has 0 saturated heterocycles. The van der Waals surface area contributed by atoms with E-state index in [9.17, 15) is 0 Å². The monoisotopic (exact) mass is 104 g/mol. The quantitative estimate of drug-likeness (QED) is 0.373. The van der Waals surface area contributed by atoms with Crippen LogP contribution < -0.4 is 0 Å². The van der Waals surface area contributed by atoms with E-state index >= 15 is 0 Å². The fourth-order valence-electron chi connectivity index (χ4n) is 0. The van der Waals surface area contributed by atoms with Crippen LogP contribution in [0, 0.1) is 0 Å². The predicted molar refractivity (Wildman–Crippen MR) is 8.52 cm³/mol. The molecule has 0 aromatic carbocycles. The minimum atomic E-state index is -2.00. The fraction of sp³-hybridized carbons (Fsp3) is 0. The zero-order valence-electron chi connectivity index (χ0n) is 1.32. The van der Waals surface area contributed by atoms with Crippen molar-refractivity contribution in [3.05, 3.63) is 0 Å². The molecule has 0 saturated carbocycles. The van der Waals surface area contributed by atoms with Crippen molar-refractivity contribution in [1.82, 2.24) is 0 Å². The Balaban J connectivity index is 0. The number of rotatable bonds is 0.